The maximum Gasteiger partial charge on any atom is 0.189 e. The molecule has 0 heterocycles. The summed E-state index contributed by atoms with van der Waals surface area (Å²) in [7, 11) is 0. The van der Waals surface area contributed by atoms with Gasteiger partial charge in [0.1, 0.15) is 12.4 Å². The van der Waals surface area contributed by atoms with E-state index in [1.165, 1.54) is 43.2 Å². The van der Waals surface area contributed by atoms with Crippen LogP contribution in [0.1, 0.15) is 88.7 Å². The summed E-state index contributed by atoms with van der Waals surface area (Å²) in [5, 5.41) is 31.8. The molecule has 0 amide bonds. The van der Waals surface area contributed by atoms with Gasteiger partial charge in [0.2, 0.25) is 0 Å². The number of fused-ring (bicyclic) bond motifs is 4. The first-order valence-electron chi connectivity index (χ1n) is 14.4. The Bertz CT molecular complexity index is 827. The summed E-state index contributed by atoms with van der Waals surface area (Å²) in [6.45, 7) is 2.35. The average Bonchev–Trinajstić information content (AvgIpc) is 3.54. The van der Waals surface area contributed by atoms with Gasteiger partial charge in [0.05, 0.1) is 18.3 Å². The summed E-state index contributed by atoms with van der Waals surface area (Å²) in [6.07, 6.45) is 12.5. The molecule has 5 rings (SSSR count). The van der Waals surface area contributed by atoms with E-state index in [0.29, 0.717) is 17.8 Å². The summed E-state index contributed by atoms with van der Waals surface area (Å²) in [5.74, 6) is 3.48. The molecular weight excluding hydrogens is 440 g/mol. The van der Waals surface area contributed by atoms with Crippen LogP contribution in [0.25, 0.3) is 0 Å². The molecule has 4 aliphatic carbocycles. The second-order valence-electron chi connectivity index (χ2n) is 12.0. The Kier molecular flexibility index (Phi) is 8.38. The van der Waals surface area contributed by atoms with Crippen LogP contribution in [0.4, 0.5) is 0 Å². The van der Waals surface area contributed by atoms with Crippen LogP contribution < -0.4 is 4.74 Å². The molecule has 1 aromatic carbocycles. The lowest BCUT2D eigenvalue weighted by Gasteiger charge is -2.33. The molecule has 0 aromatic heterocycles. The second-order valence-corrected chi connectivity index (χ2v) is 12.0. The lowest BCUT2D eigenvalue weighted by Crippen LogP contribution is -2.31. The fraction of sp³-hybridized carbons (Fsp3) is 0.800. The van der Waals surface area contributed by atoms with E-state index in [9.17, 15) is 15.3 Å². The largest absolute Gasteiger partial charge is 0.488 e. The monoisotopic (exact) mass is 486 g/mol. The number of aliphatic hydroxyl groups excluding tert-OH is 3. The molecule has 0 radical (unpaired) electrons. The van der Waals surface area contributed by atoms with Gasteiger partial charge in [-0.25, -0.2) is 0 Å². The first kappa shape index (κ1) is 25.5. The van der Waals surface area contributed by atoms with E-state index in [-0.39, 0.29) is 30.8 Å². The quantitative estimate of drug-likeness (QED) is 0.286. The molecule has 0 aliphatic heterocycles. The van der Waals surface area contributed by atoms with E-state index in [2.05, 4.69) is 19.1 Å². The van der Waals surface area contributed by atoms with Crippen LogP contribution in [0.3, 0.4) is 0 Å². The first-order valence-corrected chi connectivity index (χ1v) is 14.4. The van der Waals surface area contributed by atoms with Gasteiger partial charge in [0.25, 0.3) is 0 Å². The molecule has 3 N–H and O–H groups in total. The first-order chi connectivity index (χ1) is 17.0. The van der Waals surface area contributed by atoms with Crippen molar-refractivity contribution in [3.8, 4) is 5.75 Å². The van der Waals surface area contributed by atoms with E-state index >= 15 is 0 Å². The third-order valence-electron chi connectivity index (χ3n) is 9.71. The maximum absolute atomic E-state index is 10.9. The highest BCUT2D eigenvalue weighted by atomic mass is 16.6. The summed E-state index contributed by atoms with van der Waals surface area (Å²) in [5.41, 5.74) is 2.56. The van der Waals surface area contributed by atoms with Crippen molar-refractivity contribution in [2.24, 2.45) is 29.6 Å². The van der Waals surface area contributed by atoms with Crippen LogP contribution >= 0.6 is 0 Å². The van der Waals surface area contributed by atoms with Crippen LogP contribution in [-0.2, 0) is 17.6 Å². The molecule has 5 nitrogen and oxygen atoms in total. The van der Waals surface area contributed by atoms with Crippen molar-refractivity contribution in [1.29, 1.82) is 0 Å². The van der Waals surface area contributed by atoms with Crippen molar-refractivity contribution in [3.05, 3.63) is 29.3 Å². The number of rotatable bonds is 12. The lowest BCUT2D eigenvalue weighted by atomic mass is 9.73. The number of benzene rings is 1. The van der Waals surface area contributed by atoms with Gasteiger partial charge in [0.15, 0.2) is 6.29 Å². The second kappa shape index (κ2) is 11.5. The Morgan fingerprint density at radius 3 is 2.66 bits per heavy atom. The number of hydrogen-bond donors (Lipinski definition) is 3. The van der Waals surface area contributed by atoms with Crippen LogP contribution in [0, 0.1) is 29.6 Å². The Morgan fingerprint density at radius 1 is 1.00 bits per heavy atom. The fourth-order valence-electron chi connectivity index (χ4n) is 7.85. The normalized spacial score (nSPS) is 35.0. The summed E-state index contributed by atoms with van der Waals surface area (Å²) in [4.78, 5) is 0. The van der Waals surface area contributed by atoms with Crippen molar-refractivity contribution in [2.75, 3.05) is 6.61 Å². The topological polar surface area (TPSA) is 79.2 Å². The van der Waals surface area contributed by atoms with Crippen molar-refractivity contribution in [1.82, 2.24) is 0 Å². The van der Waals surface area contributed by atoms with E-state index in [0.717, 1.165) is 63.0 Å². The standard InChI is InChI=1S/C30H46O5/c1-2-3-4-7-23(31)11-12-24-25-15-20-6-5-8-28(26(20)16-22(25)17-27(24)32)34-18-30(33)35-29-14-19-9-10-21(29)13-19/h5-6,8,19,21-25,27,29-33H,2-4,7,9-18H2,1H3/t19?,21?,22-,23+,24+,25-,27+,29?,30?/m0/s1. The van der Waals surface area contributed by atoms with Crippen LogP contribution in [0.2, 0.25) is 0 Å². The lowest BCUT2D eigenvalue weighted by molar-refractivity contribution is -0.163. The molecule has 9 atom stereocenters. The van der Waals surface area contributed by atoms with Gasteiger partial charge >= 0.3 is 0 Å². The zero-order chi connectivity index (χ0) is 24.4. The predicted octanol–water partition coefficient (Wildman–Crippen LogP) is 5.02. The minimum absolute atomic E-state index is 0.166. The van der Waals surface area contributed by atoms with Gasteiger partial charge in [-0.1, -0.05) is 38.3 Å². The molecule has 5 heteroatoms. The number of hydrogen-bond acceptors (Lipinski definition) is 5. The van der Waals surface area contributed by atoms with E-state index in [1.807, 2.05) is 6.07 Å². The van der Waals surface area contributed by atoms with Gasteiger partial charge in [-0.05, 0) is 111 Å². The molecular formula is C30H46O5. The SMILES string of the molecule is CCCCC[C@@H](O)CC[C@@H]1[C@H]2Cc3cccc(OCC(O)OC4CC5CCC4C5)c3C[C@H]2C[C@H]1O. The smallest absolute Gasteiger partial charge is 0.189 e. The van der Waals surface area contributed by atoms with Crippen LogP contribution in [-0.4, -0.2) is 46.5 Å². The highest BCUT2D eigenvalue weighted by Crippen LogP contribution is 2.49. The maximum atomic E-state index is 10.9. The fourth-order valence-corrected chi connectivity index (χ4v) is 7.85. The summed E-state index contributed by atoms with van der Waals surface area (Å²) < 4.78 is 12.1. The van der Waals surface area contributed by atoms with E-state index < -0.39 is 6.29 Å². The molecule has 1 aromatic rings. The Morgan fingerprint density at radius 2 is 1.89 bits per heavy atom. The van der Waals surface area contributed by atoms with Gasteiger partial charge < -0.3 is 24.8 Å². The minimum Gasteiger partial charge on any atom is -0.488 e. The van der Waals surface area contributed by atoms with Crippen molar-refractivity contribution >= 4 is 0 Å². The summed E-state index contributed by atoms with van der Waals surface area (Å²) >= 11 is 0. The molecule has 0 saturated heterocycles. The average molecular weight is 487 g/mol. The predicted molar refractivity (Wildman–Crippen MR) is 136 cm³/mol. The summed E-state index contributed by atoms with van der Waals surface area (Å²) in [6, 6.07) is 6.26. The molecule has 35 heavy (non-hydrogen) atoms. The van der Waals surface area contributed by atoms with E-state index in [1.54, 1.807) is 0 Å². The number of unbranched alkanes of at least 4 members (excludes halogenated alkanes) is 2. The molecule has 196 valence electrons. The highest BCUT2D eigenvalue weighted by molar-refractivity contribution is 5.43. The number of ether oxygens (including phenoxy) is 2. The van der Waals surface area contributed by atoms with Gasteiger partial charge in [0, 0.05) is 0 Å². The molecule has 3 fully saturated rings. The van der Waals surface area contributed by atoms with E-state index in [4.69, 9.17) is 9.47 Å². The van der Waals surface area contributed by atoms with Crippen LogP contribution in [0.15, 0.2) is 18.2 Å². The van der Waals surface area contributed by atoms with Crippen LogP contribution in [0.5, 0.6) is 5.75 Å². The molecule has 3 saturated carbocycles. The highest BCUT2D eigenvalue weighted by Gasteiger charge is 2.45. The third-order valence-corrected chi connectivity index (χ3v) is 9.71. The zero-order valence-electron chi connectivity index (χ0n) is 21.5. The Hall–Kier alpha value is -1.14. The third kappa shape index (κ3) is 5.89. The van der Waals surface area contributed by atoms with Gasteiger partial charge in [-0.3, -0.25) is 0 Å². The van der Waals surface area contributed by atoms with Gasteiger partial charge in [-0.15, -0.1) is 0 Å². The Labute approximate surface area is 211 Å². The molecule has 4 aliphatic rings. The molecule has 2 bridgehead atoms. The molecule has 0 spiro atoms. The number of aliphatic hydroxyl groups is 3. The van der Waals surface area contributed by atoms with Crippen molar-refractivity contribution < 1.29 is 24.8 Å². The van der Waals surface area contributed by atoms with Gasteiger partial charge in [-0.2, -0.15) is 0 Å². The van der Waals surface area contributed by atoms with Crippen molar-refractivity contribution in [2.45, 2.75) is 115 Å². The molecule has 4 unspecified atom stereocenters. The van der Waals surface area contributed by atoms with Crippen molar-refractivity contribution in [3.63, 3.8) is 0 Å². The minimum atomic E-state index is -0.881. The Balaban J connectivity index is 1.15. The zero-order valence-corrected chi connectivity index (χ0v) is 21.5.